The molecule has 4 heterocycles. The Morgan fingerprint density at radius 2 is 1.91 bits per heavy atom. The predicted octanol–water partition coefficient (Wildman–Crippen LogP) is -0.247. The highest BCUT2D eigenvalue weighted by atomic mass is 16.6. The largest absolute Gasteiger partial charge is 0.497 e. The molecular formula is C20H21N7O5. The van der Waals surface area contributed by atoms with E-state index >= 15 is 0 Å². The van der Waals surface area contributed by atoms with E-state index in [1.54, 1.807) is 18.0 Å². The third-order valence-electron chi connectivity index (χ3n) is 5.43. The van der Waals surface area contributed by atoms with Gasteiger partial charge in [0.05, 0.1) is 32.8 Å². The lowest BCUT2D eigenvalue weighted by Crippen LogP contribution is -2.33. The van der Waals surface area contributed by atoms with Gasteiger partial charge < -0.3 is 24.8 Å². The number of aromatic nitrogens is 7. The van der Waals surface area contributed by atoms with Gasteiger partial charge in [-0.3, -0.25) is 4.57 Å². The summed E-state index contributed by atoms with van der Waals surface area (Å²) in [5.41, 5.74) is 2.86. The molecule has 1 aliphatic rings. The van der Waals surface area contributed by atoms with Crippen LogP contribution in [0.4, 0.5) is 0 Å². The van der Waals surface area contributed by atoms with Crippen LogP contribution in [-0.2, 0) is 11.3 Å². The van der Waals surface area contributed by atoms with Crippen molar-refractivity contribution in [2.45, 2.75) is 31.1 Å². The van der Waals surface area contributed by atoms with Crippen molar-refractivity contribution >= 4 is 11.2 Å². The minimum Gasteiger partial charge on any atom is -0.497 e. The molecule has 4 atom stereocenters. The van der Waals surface area contributed by atoms with Gasteiger partial charge in [-0.05, 0) is 17.7 Å². The third kappa shape index (κ3) is 3.48. The number of imidazole rings is 1. The van der Waals surface area contributed by atoms with Crippen molar-refractivity contribution in [3.63, 3.8) is 0 Å². The molecule has 12 nitrogen and oxygen atoms in total. The number of hydrogen-bond donors (Lipinski definition) is 3. The molecule has 0 aliphatic carbocycles. The van der Waals surface area contributed by atoms with Crippen LogP contribution in [0.2, 0.25) is 0 Å². The van der Waals surface area contributed by atoms with Gasteiger partial charge in [-0.25, -0.2) is 19.6 Å². The quantitative estimate of drug-likeness (QED) is 0.366. The summed E-state index contributed by atoms with van der Waals surface area (Å²) >= 11 is 0. The van der Waals surface area contributed by atoms with E-state index in [-0.39, 0.29) is 0 Å². The van der Waals surface area contributed by atoms with Crippen molar-refractivity contribution in [3.8, 4) is 17.1 Å². The Hall–Kier alpha value is -3.45. The van der Waals surface area contributed by atoms with Crippen molar-refractivity contribution in [3.05, 3.63) is 48.7 Å². The zero-order chi connectivity index (χ0) is 22.2. The molecule has 1 saturated heterocycles. The first-order chi connectivity index (χ1) is 15.6. The molecule has 5 rings (SSSR count). The molecule has 4 aromatic rings. The molecule has 0 spiro atoms. The average molecular weight is 439 g/mol. The Kier molecular flexibility index (Phi) is 5.27. The van der Waals surface area contributed by atoms with Crippen molar-refractivity contribution in [1.29, 1.82) is 0 Å². The first-order valence-electron chi connectivity index (χ1n) is 9.92. The van der Waals surface area contributed by atoms with Crippen LogP contribution in [0.15, 0.2) is 43.1 Å². The van der Waals surface area contributed by atoms with E-state index in [4.69, 9.17) is 9.47 Å². The fourth-order valence-corrected chi connectivity index (χ4v) is 3.74. The van der Waals surface area contributed by atoms with Gasteiger partial charge in [0.25, 0.3) is 0 Å². The van der Waals surface area contributed by atoms with Gasteiger partial charge in [0.2, 0.25) is 0 Å². The summed E-state index contributed by atoms with van der Waals surface area (Å²) in [5.74, 6) is 0.779. The van der Waals surface area contributed by atoms with Crippen molar-refractivity contribution < 1.29 is 24.8 Å². The number of hydrogen-bond acceptors (Lipinski definition) is 10. The van der Waals surface area contributed by atoms with Crippen LogP contribution in [0.1, 0.15) is 11.8 Å². The van der Waals surface area contributed by atoms with Gasteiger partial charge in [0, 0.05) is 0 Å². The van der Waals surface area contributed by atoms with E-state index in [0.29, 0.717) is 29.1 Å². The fraction of sp³-hybridized carbons (Fsp3) is 0.350. The molecule has 1 aromatic carbocycles. The summed E-state index contributed by atoms with van der Waals surface area (Å²) < 4.78 is 14.0. The summed E-state index contributed by atoms with van der Waals surface area (Å²) in [5, 5.41) is 38.1. The molecule has 32 heavy (non-hydrogen) atoms. The highest BCUT2D eigenvalue weighted by Crippen LogP contribution is 2.32. The maximum Gasteiger partial charge on any atom is 0.166 e. The SMILES string of the molecule is COc1ccc(Cn2cc(-c3ncnc4c3ncn4[C@@H]3O[C@H](CO)[C@@H](O)[C@H]3O)nn2)cc1. The predicted molar refractivity (Wildman–Crippen MR) is 109 cm³/mol. The summed E-state index contributed by atoms with van der Waals surface area (Å²) in [6.45, 7) is 0.0983. The number of rotatable bonds is 6. The zero-order valence-corrected chi connectivity index (χ0v) is 17.1. The Labute approximate surface area is 181 Å². The summed E-state index contributed by atoms with van der Waals surface area (Å²) in [4.78, 5) is 12.9. The lowest BCUT2D eigenvalue weighted by Gasteiger charge is -2.16. The number of ether oxygens (including phenoxy) is 2. The van der Waals surface area contributed by atoms with E-state index in [2.05, 4.69) is 25.3 Å². The number of fused-ring (bicyclic) bond motifs is 1. The third-order valence-corrected chi connectivity index (χ3v) is 5.43. The second kappa shape index (κ2) is 8.24. The molecule has 0 saturated carbocycles. The van der Waals surface area contributed by atoms with E-state index in [0.717, 1.165) is 11.3 Å². The monoisotopic (exact) mass is 439 g/mol. The molecule has 166 valence electrons. The molecule has 3 aromatic heterocycles. The van der Waals surface area contributed by atoms with E-state index in [1.165, 1.54) is 17.2 Å². The molecule has 1 aliphatic heterocycles. The Bertz CT molecular complexity index is 1220. The molecule has 0 bridgehead atoms. The maximum atomic E-state index is 10.3. The molecule has 0 amide bonds. The first kappa shape index (κ1) is 20.5. The van der Waals surface area contributed by atoms with Gasteiger partial charge in [0.1, 0.15) is 47.3 Å². The minimum absolute atomic E-state index is 0.398. The van der Waals surface area contributed by atoms with E-state index in [1.807, 2.05) is 24.3 Å². The van der Waals surface area contributed by atoms with Crippen molar-refractivity contribution in [1.82, 2.24) is 34.5 Å². The van der Waals surface area contributed by atoms with Gasteiger partial charge in [0.15, 0.2) is 11.9 Å². The molecule has 12 heteroatoms. The summed E-state index contributed by atoms with van der Waals surface area (Å²) in [6, 6.07) is 7.66. The standard InChI is InChI=1S/C20H21N7O5/c1-31-12-4-2-11(3-5-12)6-26-7-13(24-25-26)15-16-19(22-9-21-15)27(10-23-16)20-18(30)17(29)14(8-28)32-20/h2-5,7,9-10,14,17-18,20,28-30H,6,8H2,1H3/t14-,17-,18-,20-/m1/s1. The van der Waals surface area contributed by atoms with Crippen LogP contribution in [-0.4, -0.2) is 81.9 Å². The van der Waals surface area contributed by atoms with E-state index in [9.17, 15) is 15.3 Å². The minimum atomic E-state index is -1.24. The Balaban J connectivity index is 1.43. The highest BCUT2D eigenvalue weighted by Gasteiger charge is 2.44. The fourth-order valence-electron chi connectivity index (χ4n) is 3.74. The van der Waals surface area contributed by atoms with Crippen LogP contribution < -0.4 is 4.74 Å². The highest BCUT2D eigenvalue weighted by molar-refractivity contribution is 5.85. The molecular weight excluding hydrogens is 418 g/mol. The smallest absolute Gasteiger partial charge is 0.166 e. The van der Waals surface area contributed by atoms with Crippen LogP contribution >= 0.6 is 0 Å². The molecule has 0 unspecified atom stereocenters. The first-order valence-corrected chi connectivity index (χ1v) is 9.92. The lowest BCUT2D eigenvalue weighted by molar-refractivity contribution is -0.0511. The van der Waals surface area contributed by atoms with E-state index < -0.39 is 31.1 Å². The second-order valence-electron chi connectivity index (χ2n) is 7.42. The molecule has 3 N–H and O–H groups in total. The van der Waals surface area contributed by atoms with Crippen LogP contribution in [0.25, 0.3) is 22.6 Å². The topological polar surface area (TPSA) is 153 Å². The normalized spacial score (nSPS) is 23.1. The van der Waals surface area contributed by atoms with Crippen LogP contribution in [0, 0.1) is 0 Å². The van der Waals surface area contributed by atoms with Crippen molar-refractivity contribution in [2.24, 2.45) is 0 Å². The van der Waals surface area contributed by atoms with Gasteiger partial charge in [-0.15, -0.1) is 5.10 Å². The average Bonchev–Trinajstić information content (AvgIpc) is 3.53. The van der Waals surface area contributed by atoms with Crippen LogP contribution in [0.5, 0.6) is 5.75 Å². The number of methoxy groups -OCH3 is 1. The second-order valence-corrected chi connectivity index (χ2v) is 7.42. The van der Waals surface area contributed by atoms with Gasteiger partial charge >= 0.3 is 0 Å². The number of nitrogens with zero attached hydrogens (tertiary/aromatic N) is 7. The molecule has 0 radical (unpaired) electrons. The number of aliphatic hydroxyl groups excluding tert-OH is 3. The maximum absolute atomic E-state index is 10.3. The Morgan fingerprint density at radius 3 is 2.62 bits per heavy atom. The molecule has 1 fully saturated rings. The number of benzene rings is 1. The van der Waals surface area contributed by atoms with Gasteiger partial charge in [-0.2, -0.15) is 0 Å². The summed E-state index contributed by atoms with van der Waals surface area (Å²) in [7, 11) is 1.62. The van der Waals surface area contributed by atoms with Crippen molar-refractivity contribution in [2.75, 3.05) is 13.7 Å². The zero-order valence-electron chi connectivity index (χ0n) is 17.1. The summed E-state index contributed by atoms with van der Waals surface area (Å²) in [6.07, 6.45) is 0.268. The Morgan fingerprint density at radius 1 is 1.09 bits per heavy atom. The van der Waals surface area contributed by atoms with Crippen LogP contribution in [0.3, 0.4) is 0 Å². The lowest BCUT2D eigenvalue weighted by atomic mass is 10.1. The van der Waals surface area contributed by atoms with Gasteiger partial charge in [-0.1, -0.05) is 17.3 Å². The number of aliphatic hydroxyl groups is 3.